The Hall–Kier alpha value is -1.06. The third-order valence-corrected chi connectivity index (χ3v) is 5.39. The van der Waals surface area contributed by atoms with Crippen molar-refractivity contribution >= 4 is 5.69 Å². The molecule has 1 aliphatic heterocycles. The molecule has 2 unspecified atom stereocenters. The third-order valence-electron chi connectivity index (χ3n) is 5.39. The molecule has 1 aromatic rings. The van der Waals surface area contributed by atoms with Gasteiger partial charge in [0, 0.05) is 17.8 Å². The predicted octanol–water partition coefficient (Wildman–Crippen LogP) is 3.33. The summed E-state index contributed by atoms with van der Waals surface area (Å²) in [4.78, 5) is 2.43. The fraction of sp³-hybridized carbons (Fsp3) is 0.684. The Morgan fingerprint density at radius 3 is 2.59 bits per heavy atom. The van der Waals surface area contributed by atoms with Crippen LogP contribution in [0.2, 0.25) is 0 Å². The first-order valence-corrected chi connectivity index (χ1v) is 8.46. The standard InChI is InChI=1S/C19H31NO2/c1-13(2)15-6-7-16-10-14(3)19(4,5)20(18(16)11-15)9-8-17(22)12-21/h6-7,11,13-14,17,21-22H,8-10,12H2,1-5H3. The van der Waals surface area contributed by atoms with Gasteiger partial charge in [-0.25, -0.2) is 0 Å². The molecule has 22 heavy (non-hydrogen) atoms. The van der Waals surface area contributed by atoms with E-state index in [1.807, 2.05) is 0 Å². The number of anilines is 1. The molecular weight excluding hydrogens is 274 g/mol. The molecule has 2 rings (SSSR count). The Kier molecular flexibility index (Phi) is 5.18. The molecule has 0 aromatic heterocycles. The normalized spacial score (nSPS) is 21.8. The van der Waals surface area contributed by atoms with Crippen LogP contribution in [0.4, 0.5) is 5.69 Å². The second kappa shape index (κ2) is 6.59. The fourth-order valence-corrected chi connectivity index (χ4v) is 3.30. The number of hydrogen-bond acceptors (Lipinski definition) is 3. The molecule has 0 aliphatic carbocycles. The number of nitrogens with zero attached hydrogens (tertiary/aromatic N) is 1. The summed E-state index contributed by atoms with van der Waals surface area (Å²) >= 11 is 0. The molecule has 3 heteroatoms. The first-order valence-electron chi connectivity index (χ1n) is 8.46. The van der Waals surface area contributed by atoms with Gasteiger partial charge in [0.15, 0.2) is 0 Å². The zero-order valence-corrected chi connectivity index (χ0v) is 14.6. The van der Waals surface area contributed by atoms with Crippen LogP contribution >= 0.6 is 0 Å². The van der Waals surface area contributed by atoms with E-state index in [1.165, 1.54) is 16.8 Å². The van der Waals surface area contributed by atoms with Gasteiger partial charge in [-0.15, -0.1) is 0 Å². The van der Waals surface area contributed by atoms with E-state index in [0.717, 1.165) is 13.0 Å². The van der Waals surface area contributed by atoms with Crippen molar-refractivity contribution in [2.75, 3.05) is 18.1 Å². The first-order chi connectivity index (χ1) is 10.3. The van der Waals surface area contributed by atoms with Crippen LogP contribution in [0.5, 0.6) is 0 Å². The maximum absolute atomic E-state index is 9.74. The first kappa shape index (κ1) is 17.3. The van der Waals surface area contributed by atoms with Crippen molar-refractivity contribution in [3.8, 4) is 0 Å². The number of rotatable bonds is 5. The minimum Gasteiger partial charge on any atom is -0.394 e. The Morgan fingerprint density at radius 1 is 1.32 bits per heavy atom. The maximum Gasteiger partial charge on any atom is 0.0787 e. The fourth-order valence-electron chi connectivity index (χ4n) is 3.30. The lowest BCUT2D eigenvalue weighted by atomic mass is 9.77. The summed E-state index contributed by atoms with van der Waals surface area (Å²) < 4.78 is 0. The summed E-state index contributed by atoms with van der Waals surface area (Å²) in [6.45, 7) is 11.9. The lowest BCUT2D eigenvalue weighted by molar-refractivity contribution is 0.0878. The summed E-state index contributed by atoms with van der Waals surface area (Å²) in [5.74, 6) is 1.06. The zero-order valence-electron chi connectivity index (χ0n) is 14.6. The van der Waals surface area contributed by atoms with E-state index in [2.05, 4.69) is 57.7 Å². The highest BCUT2D eigenvalue weighted by molar-refractivity contribution is 5.60. The van der Waals surface area contributed by atoms with E-state index in [0.29, 0.717) is 18.3 Å². The number of aliphatic hydroxyl groups excluding tert-OH is 2. The van der Waals surface area contributed by atoms with Gasteiger partial charge in [-0.1, -0.05) is 32.9 Å². The molecule has 0 fully saturated rings. The highest BCUT2D eigenvalue weighted by Crippen LogP contribution is 2.41. The van der Waals surface area contributed by atoms with Crippen LogP contribution in [0.3, 0.4) is 0 Å². The molecule has 0 saturated heterocycles. The molecule has 2 atom stereocenters. The molecule has 1 aliphatic rings. The van der Waals surface area contributed by atoms with Crippen molar-refractivity contribution in [3.63, 3.8) is 0 Å². The largest absolute Gasteiger partial charge is 0.394 e. The average molecular weight is 305 g/mol. The highest BCUT2D eigenvalue weighted by atomic mass is 16.3. The Labute approximate surface area is 135 Å². The topological polar surface area (TPSA) is 43.7 Å². The molecule has 0 radical (unpaired) electrons. The summed E-state index contributed by atoms with van der Waals surface area (Å²) in [7, 11) is 0. The van der Waals surface area contributed by atoms with E-state index < -0.39 is 6.10 Å². The van der Waals surface area contributed by atoms with Gasteiger partial charge >= 0.3 is 0 Å². The molecule has 0 spiro atoms. The number of hydrogen-bond donors (Lipinski definition) is 2. The SMILES string of the molecule is CC(C)c1ccc2c(c1)N(CCC(O)CO)C(C)(C)C(C)C2. The van der Waals surface area contributed by atoms with E-state index >= 15 is 0 Å². The quantitative estimate of drug-likeness (QED) is 0.877. The summed E-state index contributed by atoms with van der Waals surface area (Å²) in [6.07, 6.45) is 1.06. The van der Waals surface area contributed by atoms with Crippen molar-refractivity contribution in [2.45, 2.75) is 65.0 Å². The minimum atomic E-state index is -0.634. The van der Waals surface area contributed by atoms with Crippen LogP contribution in [0.15, 0.2) is 18.2 Å². The van der Waals surface area contributed by atoms with E-state index in [-0.39, 0.29) is 12.1 Å². The predicted molar refractivity (Wildman–Crippen MR) is 92.5 cm³/mol. The second-order valence-electron chi connectivity index (χ2n) is 7.58. The Balaban J connectivity index is 2.37. The lowest BCUT2D eigenvalue weighted by Gasteiger charge is -2.49. The van der Waals surface area contributed by atoms with E-state index in [1.54, 1.807) is 0 Å². The Morgan fingerprint density at radius 2 is 2.00 bits per heavy atom. The zero-order chi connectivity index (χ0) is 16.5. The van der Waals surface area contributed by atoms with Crippen molar-refractivity contribution < 1.29 is 10.2 Å². The summed E-state index contributed by atoms with van der Waals surface area (Å²) in [6, 6.07) is 6.83. The lowest BCUT2D eigenvalue weighted by Crippen LogP contribution is -2.53. The van der Waals surface area contributed by atoms with Crippen LogP contribution < -0.4 is 4.90 Å². The van der Waals surface area contributed by atoms with Gasteiger partial charge in [0.05, 0.1) is 12.7 Å². The van der Waals surface area contributed by atoms with Gasteiger partial charge in [-0.2, -0.15) is 0 Å². The van der Waals surface area contributed by atoms with Crippen molar-refractivity contribution in [3.05, 3.63) is 29.3 Å². The van der Waals surface area contributed by atoms with Crippen LogP contribution in [-0.4, -0.2) is 35.0 Å². The van der Waals surface area contributed by atoms with Crippen LogP contribution in [-0.2, 0) is 6.42 Å². The molecule has 0 bridgehead atoms. The van der Waals surface area contributed by atoms with Crippen molar-refractivity contribution in [1.82, 2.24) is 0 Å². The van der Waals surface area contributed by atoms with Crippen molar-refractivity contribution in [2.24, 2.45) is 5.92 Å². The monoisotopic (exact) mass is 305 g/mol. The van der Waals surface area contributed by atoms with Gasteiger partial charge in [-0.3, -0.25) is 0 Å². The molecule has 1 heterocycles. The molecule has 124 valence electrons. The molecule has 0 saturated carbocycles. The second-order valence-corrected chi connectivity index (χ2v) is 7.58. The van der Waals surface area contributed by atoms with Crippen LogP contribution in [0, 0.1) is 5.92 Å². The van der Waals surface area contributed by atoms with Gasteiger partial charge in [0.25, 0.3) is 0 Å². The van der Waals surface area contributed by atoms with E-state index in [9.17, 15) is 5.11 Å². The molecule has 2 N–H and O–H groups in total. The van der Waals surface area contributed by atoms with Gasteiger partial charge < -0.3 is 15.1 Å². The molecule has 1 aromatic carbocycles. The third kappa shape index (κ3) is 3.31. The smallest absolute Gasteiger partial charge is 0.0787 e. The van der Waals surface area contributed by atoms with Crippen LogP contribution in [0.25, 0.3) is 0 Å². The Bertz CT molecular complexity index is 510. The number of fused-ring (bicyclic) bond motifs is 1. The highest BCUT2D eigenvalue weighted by Gasteiger charge is 2.38. The van der Waals surface area contributed by atoms with Gasteiger partial charge in [0.2, 0.25) is 0 Å². The van der Waals surface area contributed by atoms with Gasteiger partial charge in [-0.05, 0) is 55.7 Å². The summed E-state index contributed by atoms with van der Waals surface area (Å²) in [5, 5.41) is 18.8. The molecular formula is C19H31NO2. The molecule has 3 nitrogen and oxygen atoms in total. The summed E-state index contributed by atoms with van der Waals surface area (Å²) in [5.41, 5.74) is 4.11. The van der Waals surface area contributed by atoms with E-state index in [4.69, 9.17) is 5.11 Å². The van der Waals surface area contributed by atoms with Gasteiger partial charge in [0.1, 0.15) is 0 Å². The van der Waals surface area contributed by atoms with Crippen LogP contribution in [0.1, 0.15) is 58.1 Å². The molecule has 0 amide bonds. The number of aliphatic hydroxyl groups is 2. The minimum absolute atomic E-state index is 0.0534. The number of benzene rings is 1. The van der Waals surface area contributed by atoms with Crippen molar-refractivity contribution in [1.29, 1.82) is 0 Å². The average Bonchev–Trinajstić information content (AvgIpc) is 2.46. The maximum atomic E-state index is 9.74.